The van der Waals surface area contributed by atoms with E-state index in [0.29, 0.717) is 0 Å². The minimum absolute atomic E-state index is 0.0662. The molecule has 0 radical (unpaired) electrons. The standard InChI is InChI=1S/C8H10F2OS/c9-7(10)8(11)12-6-4-2-1-3-5-6/h1-2,6-7H,3-5H2. The Balaban J connectivity index is 2.31. The largest absolute Gasteiger partial charge is 0.306 e. The first-order valence-corrected chi connectivity index (χ1v) is 4.72. The van der Waals surface area contributed by atoms with Crippen molar-refractivity contribution >= 4 is 16.9 Å². The zero-order valence-electron chi connectivity index (χ0n) is 6.50. The zero-order valence-corrected chi connectivity index (χ0v) is 7.32. The number of alkyl halides is 2. The zero-order chi connectivity index (χ0) is 8.97. The van der Waals surface area contributed by atoms with E-state index in [-0.39, 0.29) is 5.25 Å². The first-order chi connectivity index (χ1) is 5.70. The third-order valence-electron chi connectivity index (χ3n) is 1.68. The van der Waals surface area contributed by atoms with Crippen LogP contribution < -0.4 is 0 Å². The van der Waals surface area contributed by atoms with Crippen LogP contribution in [0.4, 0.5) is 8.78 Å². The van der Waals surface area contributed by atoms with E-state index >= 15 is 0 Å². The molecule has 4 heteroatoms. The van der Waals surface area contributed by atoms with Crippen molar-refractivity contribution in [3.05, 3.63) is 12.2 Å². The minimum atomic E-state index is -2.82. The van der Waals surface area contributed by atoms with Gasteiger partial charge in [-0.15, -0.1) is 0 Å². The molecule has 12 heavy (non-hydrogen) atoms. The van der Waals surface area contributed by atoms with Gasteiger partial charge in [-0.05, 0) is 19.3 Å². The quantitative estimate of drug-likeness (QED) is 0.625. The Morgan fingerprint density at radius 3 is 2.75 bits per heavy atom. The maximum Gasteiger partial charge on any atom is 0.306 e. The summed E-state index contributed by atoms with van der Waals surface area (Å²) < 4.78 is 23.6. The van der Waals surface area contributed by atoms with E-state index in [1.807, 2.05) is 12.2 Å². The summed E-state index contributed by atoms with van der Waals surface area (Å²) in [7, 11) is 0. The lowest BCUT2D eigenvalue weighted by Gasteiger charge is -2.15. The number of thioether (sulfide) groups is 1. The highest BCUT2D eigenvalue weighted by Gasteiger charge is 2.21. The van der Waals surface area contributed by atoms with Crippen molar-refractivity contribution in [2.24, 2.45) is 0 Å². The van der Waals surface area contributed by atoms with Crippen LogP contribution >= 0.6 is 11.8 Å². The molecule has 0 aromatic carbocycles. The number of hydrogen-bond donors (Lipinski definition) is 0. The second kappa shape index (κ2) is 4.60. The lowest BCUT2D eigenvalue weighted by atomic mass is 10.1. The van der Waals surface area contributed by atoms with Crippen LogP contribution in [-0.4, -0.2) is 16.8 Å². The van der Waals surface area contributed by atoms with E-state index in [1.54, 1.807) is 0 Å². The Morgan fingerprint density at radius 1 is 1.50 bits per heavy atom. The summed E-state index contributed by atoms with van der Waals surface area (Å²) in [6.07, 6.45) is 3.61. The van der Waals surface area contributed by atoms with Gasteiger partial charge in [0.1, 0.15) is 0 Å². The van der Waals surface area contributed by atoms with Gasteiger partial charge in [0.25, 0.3) is 5.12 Å². The lowest BCUT2D eigenvalue weighted by molar-refractivity contribution is -0.120. The summed E-state index contributed by atoms with van der Waals surface area (Å²) in [5.41, 5.74) is 0. The third-order valence-corrected chi connectivity index (χ3v) is 2.85. The summed E-state index contributed by atoms with van der Waals surface area (Å²) in [5.74, 6) is 0. The number of hydrogen-bond acceptors (Lipinski definition) is 2. The van der Waals surface area contributed by atoms with Gasteiger partial charge in [0.2, 0.25) is 0 Å². The van der Waals surface area contributed by atoms with Crippen molar-refractivity contribution in [3.8, 4) is 0 Å². The minimum Gasteiger partial charge on any atom is -0.281 e. The predicted octanol–water partition coefficient (Wildman–Crippen LogP) is 2.62. The summed E-state index contributed by atoms with van der Waals surface area (Å²) in [6.45, 7) is 0. The Kier molecular flexibility index (Phi) is 3.72. The first-order valence-electron chi connectivity index (χ1n) is 3.84. The highest BCUT2D eigenvalue weighted by atomic mass is 32.2. The number of allylic oxidation sites excluding steroid dienone is 2. The Morgan fingerprint density at radius 2 is 2.25 bits per heavy atom. The van der Waals surface area contributed by atoms with Crippen molar-refractivity contribution in [2.75, 3.05) is 0 Å². The maximum atomic E-state index is 11.8. The van der Waals surface area contributed by atoms with Crippen LogP contribution in [0.5, 0.6) is 0 Å². The molecule has 1 nitrogen and oxygen atoms in total. The fraction of sp³-hybridized carbons (Fsp3) is 0.625. The van der Waals surface area contributed by atoms with Crippen LogP contribution in [0.15, 0.2) is 12.2 Å². The predicted molar refractivity (Wildman–Crippen MR) is 45.4 cm³/mol. The molecule has 1 rings (SSSR count). The number of halogens is 2. The van der Waals surface area contributed by atoms with E-state index in [9.17, 15) is 13.6 Å². The molecular weight excluding hydrogens is 182 g/mol. The van der Waals surface area contributed by atoms with Crippen LogP contribution in [0.3, 0.4) is 0 Å². The molecule has 0 amide bonds. The summed E-state index contributed by atoms with van der Waals surface area (Å²) in [5, 5.41) is -0.924. The van der Waals surface area contributed by atoms with E-state index < -0.39 is 11.5 Å². The van der Waals surface area contributed by atoms with Gasteiger partial charge < -0.3 is 0 Å². The number of carbonyl (C=O) groups excluding carboxylic acids is 1. The molecule has 68 valence electrons. The van der Waals surface area contributed by atoms with Crippen molar-refractivity contribution < 1.29 is 13.6 Å². The molecule has 1 atom stereocenters. The SMILES string of the molecule is O=C(SC1CC=CCC1)C(F)F. The van der Waals surface area contributed by atoms with Crippen molar-refractivity contribution in [3.63, 3.8) is 0 Å². The Bertz CT molecular complexity index is 191. The van der Waals surface area contributed by atoms with Crippen LogP contribution in [-0.2, 0) is 4.79 Å². The lowest BCUT2D eigenvalue weighted by Crippen LogP contribution is -2.13. The normalized spacial score (nSPS) is 23.1. The molecule has 0 saturated carbocycles. The van der Waals surface area contributed by atoms with Crippen LogP contribution in [0.2, 0.25) is 0 Å². The molecule has 1 unspecified atom stereocenters. The fourth-order valence-corrected chi connectivity index (χ4v) is 1.98. The number of carbonyl (C=O) groups is 1. The van der Waals surface area contributed by atoms with E-state index in [2.05, 4.69) is 0 Å². The van der Waals surface area contributed by atoms with Crippen LogP contribution in [0.25, 0.3) is 0 Å². The van der Waals surface area contributed by atoms with Gasteiger partial charge in [0, 0.05) is 5.25 Å². The molecule has 0 bridgehead atoms. The van der Waals surface area contributed by atoms with Gasteiger partial charge in [-0.2, -0.15) is 0 Å². The van der Waals surface area contributed by atoms with E-state index in [1.165, 1.54) is 0 Å². The Hall–Kier alpha value is -0.380. The summed E-state index contributed by atoms with van der Waals surface area (Å²) >= 11 is 0.788. The molecule has 0 aromatic heterocycles. The third kappa shape index (κ3) is 2.93. The van der Waals surface area contributed by atoms with Gasteiger partial charge in [-0.3, -0.25) is 4.79 Å². The summed E-state index contributed by atoms with van der Waals surface area (Å²) in [6, 6.07) is 0. The molecule has 0 heterocycles. The average molecular weight is 192 g/mol. The molecular formula is C8H10F2OS. The van der Waals surface area contributed by atoms with Gasteiger partial charge in [-0.1, -0.05) is 23.9 Å². The smallest absolute Gasteiger partial charge is 0.281 e. The molecule has 0 N–H and O–H groups in total. The van der Waals surface area contributed by atoms with Gasteiger partial charge >= 0.3 is 6.43 Å². The summed E-state index contributed by atoms with van der Waals surface area (Å²) in [4.78, 5) is 10.6. The maximum absolute atomic E-state index is 11.8. The number of rotatable bonds is 2. The fourth-order valence-electron chi connectivity index (χ4n) is 1.09. The topological polar surface area (TPSA) is 17.1 Å². The molecule has 1 aliphatic carbocycles. The highest BCUT2D eigenvalue weighted by molar-refractivity contribution is 8.14. The molecule has 0 saturated heterocycles. The Labute approximate surface area is 74.2 Å². The highest BCUT2D eigenvalue weighted by Crippen LogP contribution is 2.26. The van der Waals surface area contributed by atoms with Crippen molar-refractivity contribution in [1.29, 1.82) is 0 Å². The molecule has 0 aliphatic heterocycles. The molecule has 0 fully saturated rings. The van der Waals surface area contributed by atoms with Gasteiger partial charge in [0.15, 0.2) is 0 Å². The van der Waals surface area contributed by atoms with E-state index in [4.69, 9.17) is 0 Å². The van der Waals surface area contributed by atoms with Gasteiger partial charge in [0.05, 0.1) is 0 Å². The van der Waals surface area contributed by atoms with Crippen LogP contribution in [0, 0.1) is 0 Å². The molecule has 0 aromatic rings. The second-order valence-electron chi connectivity index (χ2n) is 2.64. The first kappa shape index (κ1) is 9.71. The molecule has 1 aliphatic rings. The second-order valence-corrected chi connectivity index (χ2v) is 3.95. The van der Waals surface area contributed by atoms with Crippen molar-refractivity contribution in [1.82, 2.24) is 0 Å². The monoisotopic (exact) mass is 192 g/mol. The average Bonchev–Trinajstić information content (AvgIpc) is 2.06. The van der Waals surface area contributed by atoms with E-state index in [0.717, 1.165) is 31.0 Å². The van der Waals surface area contributed by atoms with Crippen LogP contribution in [0.1, 0.15) is 19.3 Å². The molecule has 0 spiro atoms. The van der Waals surface area contributed by atoms with Crippen molar-refractivity contribution in [2.45, 2.75) is 30.9 Å². The van der Waals surface area contributed by atoms with Gasteiger partial charge in [-0.25, -0.2) is 8.78 Å².